The Morgan fingerprint density at radius 3 is 2.40 bits per heavy atom. The number of halogens is 3. The summed E-state index contributed by atoms with van der Waals surface area (Å²) < 4.78 is 38.2. The molecule has 1 unspecified atom stereocenters. The molecule has 0 spiro atoms. The number of alkyl halides is 3. The summed E-state index contributed by atoms with van der Waals surface area (Å²) >= 11 is 0. The van der Waals surface area contributed by atoms with Crippen LogP contribution in [0.4, 0.5) is 13.2 Å². The number of rotatable bonds is 3. The Kier molecular flexibility index (Phi) is 4.54. The van der Waals surface area contributed by atoms with Gasteiger partial charge in [-0.25, -0.2) is 0 Å². The van der Waals surface area contributed by atoms with Gasteiger partial charge < -0.3 is 5.11 Å². The zero-order valence-electron chi connectivity index (χ0n) is 12.3. The molecule has 0 aliphatic heterocycles. The number of allylic oxidation sites excluding steroid dienone is 3. The van der Waals surface area contributed by atoms with Crippen molar-refractivity contribution in [1.29, 1.82) is 0 Å². The van der Waals surface area contributed by atoms with Gasteiger partial charge in [-0.15, -0.1) is 0 Å². The number of ketones is 1. The summed E-state index contributed by atoms with van der Waals surface area (Å²) in [6.45, 7) is 6.36. The molecule has 2 nitrogen and oxygen atoms in total. The summed E-state index contributed by atoms with van der Waals surface area (Å²) in [5, 5.41) is 10.8. The quantitative estimate of drug-likeness (QED) is 0.799. The van der Waals surface area contributed by atoms with Crippen molar-refractivity contribution < 1.29 is 23.1 Å². The molecular formula is C15H21F3O2. The second kappa shape index (κ2) is 5.35. The average molecular weight is 290 g/mol. The zero-order chi connectivity index (χ0) is 15.8. The Morgan fingerprint density at radius 1 is 1.45 bits per heavy atom. The Hall–Kier alpha value is -1.10. The van der Waals surface area contributed by atoms with E-state index in [0.717, 1.165) is 6.08 Å². The minimum Gasteiger partial charge on any atom is -0.385 e. The van der Waals surface area contributed by atoms with Crippen molar-refractivity contribution in [3.8, 4) is 0 Å². The van der Waals surface area contributed by atoms with Crippen LogP contribution in [0.25, 0.3) is 0 Å². The molecular weight excluding hydrogens is 269 g/mol. The van der Waals surface area contributed by atoms with Gasteiger partial charge in [0.1, 0.15) is 0 Å². The van der Waals surface area contributed by atoms with Gasteiger partial charge in [-0.2, -0.15) is 13.2 Å². The lowest BCUT2D eigenvalue weighted by Gasteiger charge is -2.46. The van der Waals surface area contributed by atoms with Crippen molar-refractivity contribution in [2.45, 2.75) is 58.7 Å². The first-order valence-electron chi connectivity index (χ1n) is 6.60. The maximum Gasteiger partial charge on any atom is 0.412 e. The zero-order valence-corrected chi connectivity index (χ0v) is 12.3. The van der Waals surface area contributed by atoms with Gasteiger partial charge in [0.2, 0.25) is 0 Å². The van der Waals surface area contributed by atoms with E-state index in [1.54, 1.807) is 20.8 Å². The van der Waals surface area contributed by atoms with E-state index in [4.69, 9.17) is 0 Å². The monoisotopic (exact) mass is 290 g/mol. The highest BCUT2D eigenvalue weighted by Crippen LogP contribution is 2.47. The molecule has 0 saturated carbocycles. The molecule has 114 valence electrons. The lowest BCUT2D eigenvalue weighted by Crippen LogP contribution is -2.49. The van der Waals surface area contributed by atoms with E-state index in [1.807, 2.05) is 0 Å². The smallest absolute Gasteiger partial charge is 0.385 e. The van der Waals surface area contributed by atoms with Crippen molar-refractivity contribution in [3.63, 3.8) is 0 Å². The van der Waals surface area contributed by atoms with E-state index < -0.39 is 22.8 Å². The predicted molar refractivity (Wildman–Crippen MR) is 71.2 cm³/mol. The van der Waals surface area contributed by atoms with Crippen LogP contribution >= 0.6 is 0 Å². The van der Waals surface area contributed by atoms with Crippen molar-refractivity contribution in [1.82, 2.24) is 0 Å². The number of carbonyl (C=O) groups excluding carboxylic acids is 1. The molecule has 0 fully saturated rings. The standard InChI is InChI=1S/C15H21F3O2/c1-5-11(15(16,17)18)6-7-14(20)10(2)8-12(19)9-13(14,3)4/h5,8,20H,6-7,9H2,1-4H3/b11-5+. The van der Waals surface area contributed by atoms with E-state index in [0.29, 0.717) is 5.57 Å². The van der Waals surface area contributed by atoms with Gasteiger partial charge in [-0.05, 0) is 38.3 Å². The molecule has 0 saturated heterocycles. The molecule has 1 rings (SSSR count). The third-order valence-corrected chi connectivity index (χ3v) is 4.23. The maximum atomic E-state index is 12.7. The van der Waals surface area contributed by atoms with Crippen LogP contribution in [0.5, 0.6) is 0 Å². The predicted octanol–water partition coefficient (Wildman–Crippen LogP) is 3.95. The third kappa shape index (κ3) is 3.14. The number of hydrogen-bond donors (Lipinski definition) is 1. The van der Waals surface area contributed by atoms with Crippen LogP contribution in [-0.4, -0.2) is 22.7 Å². The topological polar surface area (TPSA) is 37.3 Å². The van der Waals surface area contributed by atoms with Gasteiger partial charge in [0, 0.05) is 17.4 Å². The lowest BCUT2D eigenvalue weighted by atomic mass is 9.63. The average Bonchev–Trinajstić information content (AvgIpc) is 2.24. The molecule has 20 heavy (non-hydrogen) atoms. The Labute approximate surface area is 117 Å². The summed E-state index contributed by atoms with van der Waals surface area (Å²) in [6.07, 6.45) is -2.18. The van der Waals surface area contributed by atoms with Gasteiger partial charge in [0.05, 0.1) is 5.60 Å². The van der Waals surface area contributed by atoms with Crippen molar-refractivity contribution in [2.24, 2.45) is 5.41 Å². The van der Waals surface area contributed by atoms with Crippen LogP contribution in [0.15, 0.2) is 23.3 Å². The summed E-state index contributed by atoms with van der Waals surface area (Å²) in [5.41, 5.74) is -2.36. The number of hydrogen-bond acceptors (Lipinski definition) is 2. The fourth-order valence-electron chi connectivity index (χ4n) is 2.83. The highest BCUT2D eigenvalue weighted by Gasteiger charge is 2.48. The van der Waals surface area contributed by atoms with Gasteiger partial charge >= 0.3 is 6.18 Å². The molecule has 0 heterocycles. The molecule has 5 heteroatoms. The summed E-state index contributed by atoms with van der Waals surface area (Å²) in [6, 6.07) is 0. The fourth-order valence-corrected chi connectivity index (χ4v) is 2.83. The largest absolute Gasteiger partial charge is 0.412 e. The molecule has 0 aromatic heterocycles. The second-order valence-electron chi connectivity index (χ2n) is 6.03. The molecule has 0 bridgehead atoms. The normalized spacial score (nSPS) is 27.5. The van der Waals surface area contributed by atoms with Gasteiger partial charge in [-0.3, -0.25) is 4.79 Å². The van der Waals surface area contributed by atoms with Crippen molar-refractivity contribution >= 4 is 5.78 Å². The second-order valence-corrected chi connectivity index (χ2v) is 6.03. The molecule has 1 N–H and O–H groups in total. The third-order valence-electron chi connectivity index (χ3n) is 4.23. The molecule has 0 radical (unpaired) electrons. The highest BCUT2D eigenvalue weighted by atomic mass is 19.4. The minimum absolute atomic E-state index is 0.0468. The molecule has 0 amide bonds. The maximum absolute atomic E-state index is 12.7. The molecule has 1 aliphatic carbocycles. The first kappa shape index (κ1) is 17.0. The lowest BCUT2D eigenvalue weighted by molar-refractivity contribution is -0.125. The molecule has 0 aromatic carbocycles. The highest BCUT2D eigenvalue weighted by molar-refractivity contribution is 5.92. The first-order valence-corrected chi connectivity index (χ1v) is 6.60. The fraction of sp³-hybridized carbons (Fsp3) is 0.667. The van der Waals surface area contributed by atoms with E-state index in [9.17, 15) is 23.1 Å². The number of aliphatic hydroxyl groups is 1. The summed E-state index contributed by atoms with van der Waals surface area (Å²) in [4.78, 5) is 11.6. The van der Waals surface area contributed by atoms with Crippen molar-refractivity contribution in [2.75, 3.05) is 0 Å². The molecule has 1 atom stereocenters. The van der Waals surface area contributed by atoms with E-state index in [2.05, 4.69) is 0 Å². The van der Waals surface area contributed by atoms with Crippen LogP contribution < -0.4 is 0 Å². The van der Waals surface area contributed by atoms with Gasteiger partial charge in [-0.1, -0.05) is 19.9 Å². The molecule has 0 aromatic rings. The number of carbonyl (C=O) groups is 1. The van der Waals surface area contributed by atoms with Crippen LogP contribution in [-0.2, 0) is 4.79 Å². The van der Waals surface area contributed by atoms with Crippen LogP contribution in [0.3, 0.4) is 0 Å². The van der Waals surface area contributed by atoms with Gasteiger partial charge in [0.15, 0.2) is 5.78 Å². The Morgan fingerprint density at radius 2 is 2.00 bits per heavy atom. The van der Waals surface area contributed by atoms with E-state index in [-0.39, 0.29) is 25.0 Å². The van der Waals surface area contributed by atoms with Crippen molar-refractivity contribution in [3.05, 3.63) is 23.3 Å². The Bertz CT molecular complexity index is 458. The van der Waals surface area contributed by atoms with Gasteiger partial charge in [0.25, 0.3) is 0 Å². The van der Waals surface area contributed by atoms with Crippen LogP contribution in [0, 0.1) is 5.41 Å². The van der Waals surface area contributed by atoms with E-state index >= 15 is 0 Å². The van der Waals surface area contributed by atoms with E-state index in [1.165, 1.54) is 13.0 Å². The Balaban J connectivity index is 3.00. The molecule has 1 aliphatic rings. The summed E-state index contributed by atoms with van der Waals surface area (Å²) in [5.74, 6) is -0.0979. The minimum atomic E-state index is -4.38. The SMILES string of the molecule is C/C=C(\CCC1(O)C(C)=CC(=O)CC1(C)C)C(F)(F)F. The van der Waals surface area contributed by atoms with Crippen LogP contribution in [0.2, 0.25) is 0 Å². The summed E-state index contributed by atoms with van der Waals surface area (Å²) in [7, 11) is 0. The van der Waals surface area contributed by atoms with Crippen LogP contribution in [0.1, 0.15) is 47.0 Å². The first-order chi connectivity index (χ1) is 8.94.